The van der Waals surface area contributed by atoms with E-state index in [-0.39, 0.29) is 5.82 Å². The van der Waals surface area contributed by atoms with Crippen molar-refractivity contribution in [1.29, 1.82) is 0 Å². The summed E-state index contributed by atoms with van der Waals surface area (Å²) in [5.41, 5.74) is 0.982. The highest BCUT2D eigenvalue weighted by Gasteiger charge is 2.19. The first-order valence-corrected chi connectivity index (χ1v) is 7.24. The van der Waals surface area contributed by atoms with E-state index in [0.717, 1.165) is 18.0 Å². The van der Waals surface area contributed by atoms with Crippen LogP contribution in [0.1, 0.15) is 44.6 Å². The van der Waals surface area contributed by atoms with Crippen molar-refractivity contribution in [2.75, 3.05) is 0 Å². The van der Waals surface area contributed by atoms with E-state index in [1.807, 2.05) is 0 Å². The molecule has 1 aliphatic rings. The molecule has 0 spiro atoms. The lowest BCUT2D eigenvalue weighted by atomic mass is 9.84. The van der Waals surface area contributed by atoms with Gasteiger partial charge in [-0.15, -0.1) is 0 Å². The minimum absolute atomic E-state index is 0.271. The molecule has 0 aliphatic heterocycles. The minimum Gasteiger partial charge on any atom is -0.310 e. The van der Waals surface area contributed by atoms with Gasteiger partial charge >= 0.3 is 0 Å². The molecule has 1 nitrogen and oxygen atoms in total. The van der Waals surface area contributed by atoms with Gasteiger partial charge in [0.05, 0.1) is 0 Å². The molecule has 0 heterocycles. The Morgan fingerprint density at radius 3 is 2.61 bits per heavy atom. The van der Waals surface area contributed by atoms with E-state index in [9.17, 15) is 4.39 Å². The molecule has 1 aromatic carbocycles. The number of rotatable bonds is 4. The lowest BCUT2D eigenvalue weighted by Crippen LogP contribution is -2.32. The summed E-state index contributed by atoms with van der Waals surface area (Å²) in [6.07, 6.45) is 6.45. The molecule has 0 amide bonds. The van der Waals surface area contributed by atoms with Crippen LogP contribution < -0.4 is 5.32 Å². The normalized spacial score (nSPS) is 24.2. The molecular weight excluding hydrogens is 249 g/mol. The highest BCUT2D eigenvalue weighted by atomic mass is 35.5. The Balaban J connectivity index is 1.81. The van der Waals surface area contributed by atoms with Crippen LogP contribution in [0.3, 0.4) is 0 Å². The van der Waals surface area contributed by atoms with Gasteiger partial charge in [-0.2, -0.15) is 0 Å². The third kappa shape index (κ3) is 3.69. The Labute approximate surface area is 114 Å². The molecule has 0 radical (unpaired) electrons. The molecule has 1 N–H and O–H groups in total. The SMILES string of the molecule is CCC1CCC(NCc2ccc(F)cc2Cl)CC1. The topological polar surface area (TPSA) is 12.0 Å². The zero-order chi connectivity index (χ0) is 13.0. The number of hydrogen-bond donors (Lipinski definition) is 1. The first kappa shape index (κ1) is 13.8. The monoisotopic (exact) mass is 269 g/mol. The molecule has 0 unspecified atom stereocenters. The first-order valence-electron chi connectivity index (χ1n) is 6.86. The van der Waals surface area contributed by atoms with Gasteiger partial charge in [0.2, 0.25) is 0 Å². The summed E-state index contributed by atoms with van der Waals surface area (Å²) >= 11 is 6.01. The molecule has 0 aromatic heterocycles. The summed E-state index contributed by atoms with van der Waals surface area (Å²) in [5, 5.41) is 4.05. The predicted molar refractivity (Wildman–Crippen MR) is 74.3 cm³/mol. The second kappa shape index (κ2) is 6.53. The maximum Gasteiger partial charge on any atom is 0.124 e. The molecule has 3 heteroatoms. The van der Waals surface area contributed by atoms with Crippen LogP contribution in [-0.4, -0.2) is 6.04 Å². The van der Waals surface area contributed by atoms with Crippen molar-refractivity contribution in [1.82, 2.24) is 5.32 Å². The summed E-state index contributed by atoms with van der Waals surface area (Å²) in [5.74, 6) is 0.643. The third-order valence-corrected chi connectivity index (χ3v) is 4.37. The first-order chi connectivity index (χ1) is 8.69. The zero-order valence-corrected chi connectivity index (χ0v) is 11.6. The number of nitrogens with one attached hydrogen (secondary N) is 1. The van der Waals surface area contributed by atoms with Crippen LogP contribution in [0.5, 0.6) is 0 Å². The second-order valence-electron chi connectivity index (χ2n) is 5.24. The predicted octanol–water partition coefficient (Wildman–Crippen LogP) is 4.54. The Bertz CT molecular complexity index is 386. The summed E-state index contributed by atoms with van der Waals surface area (Å²) in [6.45, 7) is 3.01. The van der Waals surface area contributed by atoms with E-state index in [1.165, 1.54) is 44.2 Å². The Hall–Kier alpha value is -0.600. The molecule has 1 saturated carbocycles. The van der Waals surface area contributed by atoms with Crippen LogP contribution in [-0.2, 0) is 6.54 Å². The fourth-order valence-electron chi connectivity index (χ4n) is 2.69. The molecule has 0 atom stereocenters. The van der Waals surface area contributed by atoms with Crippen LogP contribution in [0.4, 0.5) is 4.39 Å². The van der Waals surface area contributed by atoms with Gasteiger partial charge < -0.3 is 5.32 Å². The van der Waals surface area contributed by atoms with Crippen molar-refractivity contribution < 1.29 is 4.39 Å². The van der Waals surface area contributed by atoms with Crippen molar-refractivity contribution in [3.05, 3.63) is 34.6 Å². The van der Waals surface area contributed by atoms with Crippen molar-refractivity contribution in [2.24, 2.45) is 5.92 Å². The minimum atomic E-state index is -0.271. The summed E-state index contributed by atoms with van der Waals surface area (Å²) in [4.78, 5) is 0. The van der Waals surface area contributed by atoms with Crippen LogP contribution in [0.15, 0.2) is 18.2 Å². The molecular formula is C15H21ClFN. The average molecular weight is 270 g/mol. The van der Waals surface area contributed by atoms with Crippen LogP contribution in [0, 0.1) is 11.7 Å². The van der Waals surface area contributed by atoms with Gasteiger partial charge in [-0.1, -0.05) is 31.0 Å². The van der Waals surface area contributed by atoms with Gasteiger partial charge in [-0.3, -0.25) is 0 Å². The zero-order valence-electron chi connectivity index (χ0n) is 10.9. The Morgan fingerprint density at radius 1 is 1.28 bits per heavy atom. The van der Waals surface area contributed by atoms with Gasteiger partial charge in [0.1, 0.15) is 5.82 Å². The van der Waals surface area contributed by atoms with E-state index in [2.05, 4.69) is 12.2 Å². The summed E-state index contributed by atoms with van der Waals surface area (Å²) in [6, 6.07) is 5.21. The van der Waals surface area contributed by atoms with Crippen molar-refractivity contribution in [3.8, 4) is 0 Å². The van der Waals surface area contributed by atoms with Crippen LogP contribution >= 0.6 is 11.6 Å². The van der Waals surface area contributed by atoms with Gasteiger partial charge in [0, 0.05) is 17.6 Å². The smallest absolute Gasteiger partial charge is 0.124 e. The molecule has 0 saturated heterocycles. The van der Waals surface area contributed by atoms with Crippen molar-refractivity contribution >= 4 is 11.6 Å². The highest BCUT2D eigenvalue weighted by molar-refractivity contribution is 6.31. The number of benzene rings is 1. The van der Waals surface area contributed by atoms with E-state index >= 15 is 0 Å². The third-order valence-electron chi connectivity index (χ3n) is 4.02. The van der Waals surface area contributed by atoms with Crippen LogP contribution in [0.2, 0.25) is 5.02 Å². The molecule has 0 bridgehead atoms. The maximum absolute atomic E-state index is 12.9. The molecule has 1 fully saturated rings. The van der Waals surface area contributed by atoms with E-state index < -0.39 is 0 Å². The van der Waals surface area contributed by atoms with Crippen molar-refractivity contribution in [2.45, 2.75) is 51.6 Å². The number of hydrogen-bond acceptors (Lipinski definition) is 1. The van der Waals surface area contributed by atoms with Gasteiger partial charge in [0.15, 0.2) is 0 Å². The summed E-state index contributed by atoms with van der Waals surface area (Å²) in [7, 11) is 0. The average Bonchev–Trinajstić information content (AvgIpc) is 2.38. The fraction of sp³-hybridized carbons (Fsp3) is 0.600. The number of halogens is 2. The summed E-state index contributed by atoms with van der Waals surface area (Å²) < 4.78 is 12.9. The largest absolute Gasteiger partial charge is 0.310 e. The Morgan fingerprint density at radius 2 is 2.00 bits per heavy atom. The van der Waals surface area contributed by atoms with Gasteiger partial charge in [-0.25, -0.2) is 4.39 Å². The lowest BCUT2D eigenvalue weighted by molar-refractivity contribution is 0.285. The van der Waals surface area contributed by atoms with E-state index in [1.54, 1.807) is 6.07 Å². The Kier molecular flexibility index (Phi) is 5.02. The molecule has 18 heavy (non-hydrogen) atoms. The van der Waals surface area contributed by atoms with Gasteiger partial charge in [0.25, 0.3) is 0 Å². The molecule has 100 valence electrons. The van der Waals surface area contributed by atoms with E-state index in [4.69, 9.17) is 11.6 Å². The highest BCUT2D eigenvalue weighted by Crippen LogP contribution is 2.27. The lowest BCUT2D eigenvalue weighted by Gasteiger charge is -2.28. The molecule has 2 rings (SSSR count). The second-order valence-corrected chi connectivity index (χ2v) is 5.65. The van der Waals surface area contributed by atoms with E-state index in [0.29, 0.717) is 11.1 Å². The molecule has 1 aliphatic carbocycles. The maximum atomic E-state index is 12.9. The van der Waals surface area contributed by atoms with Crippen molar-refractivity contribution in [3.63, 3.8) is 0 Å². The fourth-order valence-corrected chi connectivity index (χ4v) is 2.93. The standard InChI is InChI=1S/C15H21ClFN/c1-2-11-3-7-14(8-4-11)18-10-12-5-6-13(17)9-15(12)16/h5-6,9,11,14,18H,2-4,7-8,10H2,1H3. The molecule has 1 aromatic rings. The van der Waals surface area contributed by atoms with Gasteiger partial charge in [-0.05, 0) is 49.3 Å². The van der Waals surface area contributed by atoms with Crippen LogP contribution in [0.25, 0.3) is 0 Å². The quantitative estimate of drug-likeness (QED) is 0.846.